The molecule has 0 aliphatic carbocycles. The van der Waals surface area contributed by atoms with E-state index in [0.29, 0.717) is 15.3 Å². The quantitative estimate of drug-likeness (QED) is 0.894. The molecule has 2 atom stereocenters. The van der Waals surface area contributed by atoms with Gasteiger partial charge in [0.2, 0.25) is 0 Å². The standard InChI is InChI=1S/C16H15Cl2NS/c17-12-6-5-10(7-13(12)18)8-14(19)16-9-11-3-1-2-4-15(11)20-16/h1-7,14,16H,8-9,19H2. The second-order valence-corrected chi connectivity index (χ2v) is 7.18. The lowest BCUT2D eigenvalue weighted by Gasteiger charge is -2.18. The molecule has 0 aromatic heterocycles. The lowest BCUT2D eigenvalue weighted by molar-refractivity contribution is 0.632. The van der Waals surface area contributed by atoms with E-state index in [2.05, 4.69) is 24.3 Å². The smallest absolute Gasteiger partial charge is 0.0595 e. The average Bonchev–Trinajstić information content (AvgIpc) is 2.87. The second kappa shape index (κ2) is 5.98. The molecule has 3 rings (SSSR count). The fourth-order valence-corrected chi connectivity index (χ4v) is 4.16. The third-order valence-electron chi connectivity index (χ3n) is 3.61. The summed E-state index contributed by atoms with van der Waals surface area (Å²) in [6.07, 6.45) is 1.87. The van der Waals surface area contributed by atoms with Crippen LogP contribution in [0.25, 0.3) is 0 Å². The Balaban J connectivity index is 1.69. The van der Waals surface area contributed by atoms with Crippen molar-refractivity contribution >= 4 is 35.0 Å². The first-order valence-electron chi connectivity index (χ1n) is 6.57. The molecule has 2 aromatic rings. The van der Waals surface area contributed by atoms with Gasteiger partial charge in [0, 0.05) is 16.2 Å². The molecule has 2 N–H and O–H groups in total. The molecule has 0 fully saturated rings. The number of hydrogen-bond acceptors (Lipinski definition) is 2. The van der Waals surface area contributed by atoms with Gasteiger partial charge in [0.25, 0.3) is 0 Å². The van der Waals surface area contributed by atoms with Crippen molar-refractivity contribution in [1.82, 2.24) is 0 Å². The number of thioether (sulfide) groups is 1. The predicted octanol–water partition coefficient (Wildman–Crippen LogP) is 4.58. The van der Waals surface area contributed by atoms with Crippen molar-refractivity contribution in [2.45, 2.75) is 29.0 Å². The first kappa shape index (κ1) is 14.3. The molecule has 0 saturated heterocycles. The second-order valence-electron chi connectivity index (χ2n) is 5.08. The third kappa shape index (κ3) is 2.99. The van der Waals surface area contributed by atoms with Gasteiger partial charge in [0.15, 0.2) is 0 Å². The Hall–Kier alpha value is -0.670. The van der Waals surface area contributed by atoms with Crippen LogP contribution in [0.3, 0.4) is 0 Å². The topological polar surface area (TPSA) is 26.0 Å². The Bertz CT molecular complexity index is 605. The van der Waals surface area contributed by atoms with Gasteiger partial charge in [0.05, 0.1) is 10.0 Å². The highest BCUT2D eigenvalue weighted by molar-refractivity contribution is 8.00. The normalized spacial score (nSPS) is 18.9. The third-order valence-corrected chi connectivity index (χ3v) is 5.82. The summed E-state index contributed by atoms with van der Waals surface area (Å²) in [6.45, 7) is 0. The predicted molar refractivity (Wildman–Crippen MR) is 87.9 cm³/mol. The summed E-state index contributed by atoms with van der Waals surface area (Å²) in [5.74, 6) is 0. The number of fused-ring (bicyclic) bond motifs is 1. The van der Waals surface area contributed by atoms with Gasteiger partial charge in [-0.3, -0.25) is 0 Å². The number of hydrogen-bond donors (Lipinski definition) is 1. The largest absolute Gasteiger partial charge is 0.326 e. The Labute approximate surface area is 133 Å². The molecule has 1 aliphatic heterocycles. The SMILES string of the molecule is NC(Cc1ccc(Cl)c(Cl)c1)C1Cc2ccccc2S1. The summed E-state index contributed by atoms with van der Waals surface area (Å²) in [5, 5.41) is 1.62. The van der Waals surface area contributed by atoms with E-state index in [1.54, 1.807) is 0 Å². The van der Waals surface area contributed by atoms with Crippen molar-refractivity contribution in [3.8, 4) is 0 Å². The maximum atomic E-state index is 6.38. The molecule has 20 heavy (non-hydrogen) atoms. The first-order valence-corrected chi connectivity index (χ1v) is 8.21. The Morgan fingerprint density at radius 2 is 1.95 bits per heavy atom. The summed E-state index contributed by atoms with van der Waals surface area (Å²) in [4.78, 5) is 1.36. The molecule has 1 heterocycles. The zero-order chi connectivity index (χ0) is 14.1. The highest BCUT2D eigenvalue weighted by Gasteiger charge is 2.27. The van der Waals surface area contributed by atoms with Crippen molar-refractivity contribution in [2.75, 3.05) is 0 Å². The van der Waals surface area contributed by atoms with Crippen LogP contribution in [0.1, 0.15) is 11.1 Å². The Kier molecular flexibility index (Phi) is 4.27. The van der Waals surface area contributed by atoms with Gasteiger partial charge in [0.1, 0.15) is 0 Å². The average molecular weight is 324 g/mol. The van der Waals surface area contributed by atoms with Gasteiger partial charge in [-0.1, -0.05) is 47.5 Å². The van der Waals surface area contributed by atoms with Crippen LogP contribution >= 0.6 is 35.0 Å². The molecule has 4 heteroatoms. The minimum atomic E-state index is 0.115. The molecule has 1 nitrogen and oxygen atoms in total. The van der Waals surface area contributed by atoms with Gasteiger partial charge < -0.3 is 5.73 Å². The summed E-state index contributed by atoms with van der Waals surface area (Å²) < 4.78 is 0. The number of rotatable bonds is 3. The monoisotopic (exact) mass is 323 g/mol. The van der Waals surface area contributed by atoms with Crippen LogP contribution in [-0.2, 0) is 12.8 Å². The summed E-state index contributed by atoms with van der Waals surface area (Å²) in [7, 11) is 0. The van der Waals surface area contributed by atoms with E-state index in [0.717, 1.165) is 18.4 Å². The molecule has 1 aliphatic rings. The highest BCUT2D eigenvalue weighted by atomic mass is 35.5. The number of benzene rings is 2. The van der Waals surface area contributed by atoms with Gasteiger partial charge in [-0.25, -0.2) is 0 Å². The molecule has 0 radical (unpaired) electrons. The minimum absolute atomic E-state index is 0.115. The van der Waals surface area contributed by atoms with E-state index < -0.39 is 0 Å². The fraction of sp³-hybridized carbons (Fsp3) is 0.250. The van der Waals surface area contributed by atoms with Crippen LogP contribution in [0, 0.1) is 0 Å². The van der Waals surface area contributed by atoms with E-state index in [1.165, 1.54) is 10.5 Å². The first-order chi connectivity index (χ1) is 9.63. The van der Waals surface area contributed by atoms with Crippen LogP contribution in [0.5, 0.6) is 0 Å². The fourth-order valence-electron chi connectivity index (χ4n) is 2.52. The van der Waals surface area contributed by atoms with Gasteiger partial charge in [-0.2, -0.15) is 0 Å². The molecule has 104 valence electrons. The highest BCUT2D eigenvalue weighted by Crippen LogP contribution is 2.38. The molecular weight excluding hydrogens is 309 g/mol. The Morgan fingerprint density at radius 1 is 1.15 bits per heavy atom. The van der Waals surface area contributed by atoms with Crippen molar-refractivity contribution in [1.29, 1.82) is 0 Å². The summed E-state index contributed by atoms with van der Waals surface area (Å²) in [6, 6.07) is 14.4. The van der Waals surface area contributed by atoms with Crippen molar-refractivity contribution in [3.63, 3.8) is 0 Å². The summed E-state index contributed by atoms with van der Waals surface area (Å²) in [5.41, 5.74) is 8.93. The number of halogens is 2. The lowest BCUT2D eigenvalue weighted by atomic mass is 9.99. The van der Waals surface area contributed by atoms with Crippen LogP contribution in [0.2, 0.25) is 10.0 Å². The molecule has 2 unspecified atom stereocenters. The van der Waals surface area contributed by atoms with Gasteiger partial charge >= 0.3 is 0 Å². The van der Waals surface area contributed by atoms with Crippen molar-refractivity contribution in [3.05, 3.63) is 63.6 Å². The molecule has 2 aromatic carbocycles. The maximum Gasteiger partial charge on any atom is 0.0595 e. The van der Waals surface area contributed by atoms with E-state index >= 15 is 0 Å². The van der Waals surface area contributed by atoms with Crippen LogP contribution in [0.15, 0.2) is 47.4 Å². The molecule has 0 saturated carbocycles. The molecule has 0 bridgehead atoms. The number of nitrogens with two attached hydrogens (primary N) is 1. The van der Waals surface area contributed by atoms with Gasteiger partial charge in [-0.15, -0.1) is 11.8 Å². The molecule has 0 spiro atoms. The van der Waals surface area contributed by atoms with Crippen LogP contribution in [0.4, 0.5) is 0 Å². The minimum Gasteiger partial charge on any atom is -0.326 e. The van der Waals surface area contributed by atoms with E-state index in [4.69, 9.17) is 28.9 Å². The molecule has 0 amide bonds. The van der Waals surface area contributed by atoms with Crippen molar-refractivity contribution in [2.24, 2.45) is 5.73 Å². The lowest BCUT2D eigenvalue weighted by Crippen LogP contribution is -2.34. The summed E-state index contributed by atoms with van der Waals surface area (Å²) >= 11 is 13.9. The maximum absolute atomic E-state index is 6.38. The zero-order valence-corrected chi connectivity index (χ0v) is 13.2. The van der Waals surface area contributed by atoms with Crippen LogP contribution in [-0.4, -0.2) is 11.3 Å². The van der Waals surface area contributed by atoms with Crippen LogP contribution < -0.4 is 5.73 Å². The van der Waals surface area contributed by atoms with E-state index in [1.807, 2.05) is 30.0 Å². The zero-order valence-electron chi connectivity index (χ0n) is 10.9. The van der Waals surface area contributed by atoms with E-state index in [-0.39, 0.29) is 6.04 Å². The molecular formula is C16H15Cl2NS. The van der Waals surface area contributed by atoms with Crippen molar-refractivity contribution < 1.29 is 0 Å². The van der Waals surface area contributed by atoms with E-state index in [9.17, 15) is 0 Å². The Morgan fingerprint density at radius 3 is 2.70 bits per heavy atom. The van der Waals surface area contributed by atoms with Gasteiger partial charge in [-0.05, 0) is 42.2 Å².